The van der Waals surface area contributed by atoms with Crippen LogP contribution < -0.4 is 0 Å². The average Bonchev–Trinajstić information content (AvgIpc) is 2.15. The second-order valence-corrected chi connectivity index (χ2v) is 3.92. The summed E-state index contributed by atoms with van der Waals surface area (Å²) in [6, 6.07) is 8.27. The van der Waals surface area contributed by atoms with Crippen LogP contribution in [-0.2, 0) is 11.2 Å². The van der Waals surface area contributed by atoms with Crippen LogP contribution >= 0.6 is 0 Å². The van der Waals surface area contributed by atoms with Gasteiger partial charge in [0.05, 0.1) is 0 Å². The van der Waals surface area contributed by atoms with Crippen molar-refractivity contribution in [1.29, 1.82) is 0 Å². The number of hydrogen-bond donors (Lipinski definition) is 0. The zero-order valence-corrected chi connectivity index (χ0v) is 8.08. The van der Waals surface area contributed by atoms with E-state index in [1.54, 1.807) is 0 Å². The van der Waals surface area contributed by atoms with Crippen LogP contribution in [0.4, 0.5) is 0 Å². The molecule has 0 amide bonds. The van der Waals surface area contributed by atoms with Gasteiger partial charge in [-0.3, -0.25) is 4.79 Å². The lowest BCUT2D eigenvalue weighted by Crippen LogP contribution is -2.25. The SMILES string of the molecule is CC1C(=O)Cc2ccccc2C1C. The second-order valence-electron chi connectivity index (χ2n) is 3.92. The monoisotopic (exact) mass is 174 g/mol. The van der Waals surface area contributed by atoms with Crippen LogP contribution in [0.5, 0.6) is 0 Å². The molecule has 0 N–H and O–H groups in total. The molecule has 0 saturated heterocycles. The first-order valence-corrected chi connectivity index (χ1v) is 4.80. The molecule has 0 fully saturated rings. The van der Waals surface area contributed by atoms with Crippen molar-refractivity contribution in [2.45, 2.75) is 26.2 Å². The van der Waals surface area contributed by atoms with Gasteiger partial charge < -0.3 is 0 Å². The van der Waals surface area contributed by atoms with Crippen LogP contribution in [0, 0.1) is 5.92 Å². The highest BCUT2D eigenvalue weighted by Crippen LogP contribution is 2.33. The summed E-state index contributed by atoms with van der Waals surface area (Å²) in [5.74, 6) is 0.957. The largest absolute Gasteiger partial charge is 0.299 e. The molecule has 0 aromatic heterocycles. The van der Waals surface area contributed by atoms with Crippen molar-refractivity contribution in [3.8, 4) is 0 Å². The minimum atomic E-state index is 0.190. The summed E-state index contributed by atoms with van der Waals surface area (Å²) in [5.41, 5.74) is 2.58. The first-order chi connectivity index (χ1) is 6.20. The van der Waals surface area contributed by atoms with Gasteiger partial charge in [-0.05, 0) is 17.0 Å². The predicted octanol–water partition coefficient (Wildman–Crippen LogP) is 2.55. The summed E-state index contributed by atoms with van der Waals surface area (Å²) >= 11 is 0. The topological polar surface area (TPSA) is 17.1 Å². The molecule has 1 heteroatoms. The summed E-state index contributed by atoms with van der Waals surface area (Å²) in [6.07, 6.45) is 0.627. The van der Waals surface area contributed by atoms with Gasteiger partial charge in [-0.15, -0.1) is 0 Å². The number of benzene rings is 1. The predicted molar refractivity (Wildman–Crippen MR) is 52.7 cm³/mol. The lowest BCUT2D eigenvalue weighted by Gasteiger charge is -2.27. The van der Waals surface area contributed by atoms with E-state index in [2.05, 4.69) is 25.1 Å². The molecule has 2 rings (SSSR count). The summed E-state index contributed by atoms with van der Waals surface area (Å²) in [7, 11) is 0. The fraction of sp³-hybridized carbons (Fsp3) is 0.417. The Hall–Kier alpha value is -1.11. The number of rotatable bonds is 0. The Bertz CT molecular complexity index is 341. The average molecular weight is 174 g/mol. The first kappa shape index (κ1) is 8.49. The van der Waals surface area contributed by atoms with Crippen molar-refractivity contribution >= 4 is 5.78 Å². The molecular formula is C12H14O. The number of Topliss-reactive ketones (excluding diaryl/α,β-unsaturated/α-hetero) is 1. The van der Waals surface area contributed by atoms with Gasteiger partial charge in [-0.2, -0.15) is 0 Å². The van der Waals surface area contributed by atoms with E-state index in [4.69, 9.17) is 0 Å². The standard InChI is InChI=1S/C12H14O/c1-8-9(2)12(13)7-10-5-3-4-6-11(8)10/h3-6,8-9H,7H2,1-2H3. The van der Waals surface area contributed by atoms with Gasteiger partial charge in [0.1, 0.15) is 5.78 Å². The van der Waals surface area contributed by atoms with Crippen LogP contribution in [0.25, 0.3) is 0 Å². The maximum atomic E-state index is 11.6. The summed E-state index contributed by atoms with van der Waals surface area (Å²) in [6.45, 7) is 4.17. The zero-order chi connectivity index (χ0) is 9.42. The lowest BCUT2D eigenvalue weighted by molar-refractivity contribution is -0.122. The van der Waals surface area contributed by atoms with E-state index in [-0.39, 0.29) is 5.92 Å². The van der Waals surface area contributed by atoms with E-state index in [1.165, 1.54) is 11.1 Å². The Morgan fingerprint density at radius 1 is 1.15 bits per heavy atom. The molecule has 1 aromatic carbocycles. The van der Waals surface area contributed by atoms with E-state index in [1.807, 2.05) is 13.0 Å². The molecule has 0 bridgehead atoms. The molecule has 0 saturated carbocycles. The smallest absolute Gasteiger partial charge is 0.140 e. The number of carbonyl (C=O) groups is 1. The van der Waals surface area contributed by atoms with Crippen molar-refractivity contribution in [2.24, 2.45) is 5.92 Å². The van der Waals surface area contributed by atoms with Crippen LogP contribution in [0.2, 0.25) is 0 Å². The molecule has 2 unspecified atom stereocenters. The highest BCUT2D eigenvalue weighted by molar-refractivity contribution is 5.86. The van der Waals surface area contributed by atoms with E-state index in [0.29, 0.717) is 18.1 Å². The molecule has 13 heavy (non-hydrogen) atoms. The van der Waals surface area contributed by atoms with Crippen molar-refractivity contribution < 1.29 is 4.79 Å². The molecule has 0 spiro atoms. The van der Waals surface area contributed by atoms with Crippen LogP contribution in [0.3, 0.4) is 0 Å². The van der Waals surface area contributed by atoms with Crippen LogP contribution in [0.15, 0.2) is 24.3 Å². The van der Waals surface area contributed by atoms with Gasteiger partial charge in [-0.25, -0.2) is 0 Å². The van der Waals surface area contributed by atoms with E-state index < -0.39 is 0 Å². The maximum Gasteiger partial charge on any atom is 0.140 e. The molecule has 2 atom stereocenters. The van der Waals surface area contributed by atoms with Crippen LogP contribution in [0.1, 0.15) is 30.9 Å². The Labute approximate surface area is 78.8 Å². The van der Waals surface area contributed by atoms with Crippen molar-refractivity contribution in [1.82, 2.24) is 0 Å². The van der Waals surface area contributed by atoms with Gasteiger partial charge in [0.15, 0.2) is 0 Å². The zero-order valence-electron chi connectivity index (χ0n) is 8.08. The molecule has 0 radical (unpaired) electrons. The number of ketones is 1. The van der Waals surface area contributed by atoms with Gasteiger partial charge in [0.25, 0.3) is 0 Å². The molecule has 1 nitrogen and oxygen atoms in total. The number of carbonyl (C=O) groups excluding carboxylic acids is 1. The minimum absolute atomic E-state index is 0.190. The third kappa shape index (κ3) is 1.28. The fourth-order valence-corrected chi connectivity index (χ4v) is 2.04. The van der Waals surface area contributed by atoms with Crippen molar-refractivity contribution in [3.05, 3.63) is 35.4 Å². The quantitative estimate of drug-likeness (QED) is 0.590. The number of hydrogen-bond acceptors (Lipinski definition) is 1. The van der Waals surface area contributed by atoms with Gasteiger partial charge in [0.2, 0.25) is 0 Å². The van der Waals surface area contributed by atoms with Gasteiger partial charge >= 0.3 is 0 Å². The second kappa shape index (κ2) is 2.99. The third-order valence-corrected chi connectivity index (χ3v) is 3.17. The minimum Gasteiger partial charge on any atom is -0.299 e. The lowest BCUT2D eigenvalue weighted by atomic mass is 9.76. The highest BCUT2D eigenvalue weighted by atomic mass is 16.1. The molecular weight excluding hydrogens is 160 g/mol. The fourth-order valence-electron chi connectivity index (χ4n) is 2.04. The third-order valence-electron chi connectivity index (χ3n) is 3.17. The molecule has 68 valence electrons. The van der Waals surface area contributed by atoms with E-state index >= 15 is 0 Å². The normalized spacial score (nSPS) is 27.1. The number of fused-ring (bicyclic) bond motifs is 1. The van der Waals surface area contributed by atoms with Crippen LogP contribution in [-0.4, -0.2) is 5.78 Å². The Morgan fingerprint density at radius 3 is 2.62 bits per heavy atom. The summed E-state index contributed by atoms with van der Waals surface area (Å²) in [5, 5.41) is 0. The van der Waals surface area contributed by atoms with Crippen molar-refractivity contribution in [2.75, 3.05) is 0 Å². The van der Waals surface area contributed by atoms with E-state index in [0.717, 1.165) is 0 Å². The molecule has 1 aliphatic carbocycles. The maximum absolute atomic E-state index is 11.6. The Balaban J connectivity index is 2.49. The molecule has 1 aliphatic rings. The van der Waals surface area contributed by atoms with Crippen molar-refractivity contribution in [3.63, 3.8) is 0 Å². The highest BCUT2D eigenvalue weighted by Gasteiger charge is 2.28. The van der Waals surface area contributed by atoms with E-state index in [9.17, 15) is 4.79 Å². The summed E-state index contributed by atoms with van der Waals surface area (Å²) in [4.78, 5) is 11.6. The van der Waals surface area contributed by atoms with Gasteiger partial charge in [-0.1, -0.05) is 38.1 Å². The van der Waals surface area contributed by atoms with Gasteiger partial charge in [0, 0.05) is 12.3 Å². The Morgan fingerprint density at radius 2 is 1.85 bits per heavy atom. The Kier molecular flexibility index (Phi) is 1.95. The first-order valence-electron chi connectivity index (χ1n) is 4.80. The molecule has 0 heterocycles. The summed E-state index contributed by atoms with van der Waals surface area (Å²) < 4.78 is 0. The molecule has 0 aliphatic heterocycles. The molecule has 1 aromatic rings.